The molecule has 0 unspecified atom stereocenters. The Morgan fingerprint density at radius 3 is 1.94 bits per heavy atom. The van der Waals surface area contributed by atoms with E-state index in [2.05, 4.69) is 5.32 Å². The lowest BCUT2D eigenvalue weighted by atomic mass is 9.99. The van der Waals surface area contributed by atoms with Crippen LogP contribution >= 0.6 is 23.2 Å². The quantitative estimate of drug-likeness (QED) is 0.475. The summed E-state index contributed by atoms with van der Waals surface area (Å²) in [5.41, 5.74) is 2.41. The van der Waals surface area contributed by atoms with Crippen molar-refractivity contribution in [2.45, 2.75) is 12.5 Å². The second kappa shape index (κ2) is 10.4. The number of methoxy groups -OCH3 is 2. The van der Waals surface area contributed by atoms with Gasteiger partial charge >= 0.3 is 5.97 Å². The molecule has 166 valence electrons. The highest BCUT2D eigenvalue weighted by molar-refractivity contribution is 6.39. The first-order valence-corrected chi connectivity index (χ1v) is 10.4. The summed E-state index contributed by atoms with van der Waals surface area (Å²) in [4.78, 5) is 24.4. The van der Waals surface area contributed by atoms with E-state index in [9.17, 15) is 14.7 Å². The minimum absolute atomic E-state index is 0.0423. The monoisotopic (exact) mass is 473 g/mol. The summed E-state index contributed by atoms with van der Waals surface area (Å²) in [6.45, 7) is 0. The Balaban J connectivity index is 1.82. The van der Waals surface area contributed by atoms with Crippen molar-refractivity contribution in [1.29, 1.82) is 0 Å². The van der Waals surface area contributed by atoms with Gasteiger partial charge < -0.3 is 19.9 Å². The van der Waals surface area contributed by atoms with Crippen molar-refractivity contribution >= 4 is 35.1 Å². The zero-order chi connectivity index (χ0) is 23.3. The molecule has 0 saturated carbocycles. The maximum absolute atomic E-state index is 12.6. The van der Waals surface area contributed by atoms with Crippen molar-refractivity contribution in [1.82, 2.24) is 5.32 Å². The molecule has 0 fully saturated rings. The van der Waals surface area contributed by atoms with Crippen LogP contribution in [-0.4, -0.2) is 37.2 Å². The van der Waals surface area contributed by atoms with Crippen molar-refractivity contribution in [3.63, 3.8) is 0 Å². The molecule has 0 radical (unpaired) electrons. The predicted octanol–water partition coefficient (Wildman–Crippen LogP) is 5.10. The number of carboxylic acids is 1. The molecule has 3 aromatic rings. The second-order valence-corrected chi connectivity index (χ2v) is 7.71. The highest BCUT2D eigenvalue weighted by Gasteiger charge is 2.24. The average Bonchev–Trinajstić information content (AvgIpc) is 2.78. The number of rotatable bonds is 8. The van der Waals surface area contributed by atoms with E-state index < -0.39 is 17.9 Å². The summed E-state index contributed by atoms with van der Waals surface area (Å²) >= 11 is 12.1. The van der Waals surface area contributed by atoms with Crippen molar-refractivity contribution in [3.8, 4) is 22.6 Å². The van der Waals surface area contributed by atoms with Gasteiger partial charge in [-0.05, 0) is 35.4 Å². The Morgan fingerprint density at radius 2 is 1.44 bits per heavy atom. The summed E-state index contributed by atoms with van der Waals surface area (Å²) < 4.78 is 10.9. The van der Waals surface area contributed by atoms with Crippen molar-refractivity contribution in [3.05, 3.63) is 81.8 Å². The topological polar surface area (TPSA) is 84.9 Å². The van der Waals surface area contributed by atoms with E-state index >= 15 is 0 Å². The maximum Gasteiger partial charge on any atom is 0.326 e. The van der Waals surface area contributed by atoms with Gasteiger partial charge in [0, 0.05) is 6.42 Å². The molecule has 0 heterocycles. The van der Waals surface area contributed by atoms with Crippen LogP contribution in [0.15, 0.2) is 60.7 Å². The zero-order valence-electron chi connectivity index (χ0n) is 17.4. The van der Waals surface area contributed by atoms with Gasteiger partial charge in [0.2, 0.25) is 0 Å². The fourth-order valence-electron chi connectivity index (χ4n) is 3.32. The number of hydrogen-bond acceptors (Lipinski definition) is 4. The number of hydrogen-bond donors (Lipinski definition) is 2. The molecule has 1 atom stereocenters. The van der Waals surface area contributed by atoms with Crippen molar-refractivity contribution in [2.24, 2.45) is 0 Å². The van der Waals surface area contributed by atoms with Crippen LogP contribution < -0.4 is 14.8 Å². The fourth-order valence-corrected chi connectivity index (χ4v) is 3.89. The van der Waals surface area contributed by atoms with E-state index in [1.807, 2.05) is 30.3 Å². The minimum Gasteiger partial charge on any atom is -0.496 e. The SMILES string of the molecule is COc1cccc(OC)c1-c1ccc(C[C@@H](NC(=O)c2c(Cl)cccc2Cl)C(=O)O)cc1. The van der Waals surface area contributed by atoms with Crippen LogP contribution in [0.25, 0.3) is 11.1 Å². The number of benzene rings is 3. The summed E-state index contributed by atoms with van der Waals surface area (Å²) in [6, 6.07) is 16.3. The van der Waals surface area contributed by atoms with E-state index in [1.165, 1.54) is 12.1 Å². The molecule has 0 aliphatic carbocycles. The fraction of sp³-hybridized carbons (Fsp3) is 0.167. The minimum atomic E-state index is -1.17. The van der Waals surface area contributed by atoms with Crippen LogP contribution in [0.5, 0.6) is 11.5 Å². The molecule has 0 spiro atoms. The summed E-state index contributed by atoms with van der Waals surface area (Å²) in [6.07, 6.45) is 0.0759. The normalized spacial score (nSPS) is 11.5. The lowest BCUT2D eigenvalue weighted by Crippen LogP contribution is -2.42. The molecule has 0 bridgehead atoms. The van der Waals surface area contributed by atoms with E-state index in [0.717, 1.165) is 16.7 Å². The Bertz CT molecular complexity index is 1090. The first kappa shape index (κ1) is 23.4. The summed E-state index contributed by atoms with van der Waals surface area (Å²) in [5.74, 6) is -0.505. The number of ether oxygens (including phenoxy) is 2. The Hall–Kier alpha value is -3.22. The lowest BCUT2D eigenvalue weighted by molar-refractivity contribution is -0.139. The molecular formula is C24H21Cl2NO5. The molecule has 1 amide bonds. The number of amides is 1. The smallest absolute Gasteiger partial charge is 0.326 e. The number of carboxylic acid groups (broad SMARTS) is 1. The predicted molar refractivity (Wildman–Crippen MR) is 124 cm³/mol. The molecule has 0 aliphatic heterocycles. The first-order valence-electron chi connectivity index (χ1n) is 9.63. The van der Waals surface area contributed by atoms with Crippen molar-refractivity contribution in [2.75, 3.05) is 14.2 Å². The van der Waals surface area contributed by atoms with Crippen LogP contribution in [0.2, 0.25) is 10.0 Å². The molecule has 8 heteroatoms. The van der Waals surface area contributed by atoms with Gasteiger partial charge in [-0.1, -0.05) is 59.6 Å². The molecule has 0 saturated heterocycles. The van der Waals surface area contributed by atoms with Gasteiger partial charge in [-0.3, -0.25) is 4.79 Å². The number of halogens is 2. The van der Waals surface area contributed by atoms with Gasteiger partial charge in [0.1, 0.15) is 17.5 Å². The lowest BCUT2D eigenvalue weighted by Gasteiger charge is -2.17. The molecule has 2 N–H and O–H groups in total. The molecule has 6 nitrogen and oxygen atoms in total. The van der Waals surface area contributed by atoms with Gasteiger partial charge in [0.05, 0.1) is 35.4 Å². The van der Waals surface area contributed by atoms with Crippen LogP contribution in [0, 0.1) is 0 Å². The molecule has 0 aromatic heterocycles. The molecule has 3 aromatic carbocycles. The van der Waals surface area contributed by atoms with Gasteiger partial charge in [-0.2, -0.15) is 0 Å². The van der Waals surface area contributed by atoms with Gasteiger partial charge in [-0.15, -0.1) is 0 Å². The number of aliphatic carboxylic acids is 1. The molecule has 0 aliphatic rings. The van der Waals surface area contributed by atoms with E-state index in [0.29, 0.717) is 11.5 Å². The Morgan fingerprint density at radius 1 is 0.906 bits per heavy atom. The highest BCUT2D eigenvalue weighted by Crippen LogP contribution is 2.38. The van der Waals surface area contributed by atoms with Crippen LogP contribution in [0.1, 0.15) is 15.9 Å². The first-order chi connectivity index (χ1) is 15.3. The third-order valence-electron chi connectivity index (χ3n) is 4.90. The van der Waals surface area contributed by atoms with Gasteiger partial charge in [0.15, 0.2) is 0 Å². The van der Waals surface area contributed by atoms with Crippen molar-refractivity contribution < 1.29 is 24.2 Å². The highest BCUT2D eigenvalue weighted by atomic mass is 35.5. The molecule has 3 rings (SSSR count). The Labute approximate surface area is 195 Å². The molecule has 32 heavy (non-hydrogen) atoms. The van der Waals surface area contributed by atoms with Gasteiger partial charge in [0.25, 0.3) is 5.91 Å². The zero-order valence-corrected chi connectivity index (χ0v) is 18.9. The number of carbonyl (C=O) groups is 2. The largest absolute Gasteiger partial charge is 0.496 e. The van der Waals surface area contributed by atoms with Crippen LogP contribution in [-0.2, 0) is 11.2 Å². The third-order valence-corrected chi connectivity index (χ3v) is 5.53. The number of carbonyl (C=O) groups excluding carboxylic acids is 1. The van der Waals surface area contributed by atoms with Crippen LogP contribution in [0.3, 0.4) is 0 Å². The van der Waals surface area contributed by atoms with E-state index in [1.54, 1.807) is 32.4 Å². The van der Waals surface area contributed by atoms with E-state index in [4.69, 9.17) is 32.7 Å². The third kappa shape index (κ3) is 5.15. The van der Waals surface area contributed by atoms with E-state index in [-0.39, 0.29) is 22.0 Å². The standard InChI is InChI=1S/C24H21Cl2NO5/c1-31-19-7-4-8-20(32-2)21(19)15-11-9-14(10-12-15)13-18(24(29)30)27-23(28)22-16(25)5-3-6-17(22)26/h3-12,18H,13H2,1-2H3,(H,27,28)(H,29,30)/t18-/m1/s1. The molecular weight excluding hydrogens is 453 g/mol. The second-order valence-electron chi connectivity index (χ2n) is 6.90. The maximum atomic E-state index is 12.6. The number of nitrogens with one attached hydrogen (secondary N) is 1. The summed E-state index contributed by atoms with van der Waals surface area (Å²) in [5, 5.41) is 12.4. The average molecular weight is 474 g/mol. The Kier molecular flexibility index (Phi) is 7.62. The van der Waals surface area contributed by atoms with Gasteiger partial charge in [-0.25, -0.2) is 4.79 Å². The summed E-state index contributed by atoms with van der Waals surface area (Å²) in [7, 11) is 3.16. The van der Waals surface area contributed by atoms with Crippen LogP contribution in [0.4, 0.5) is 0 Å².